The summed E-state index contributed by atoms with van der Waals surface area (Å²) >= 11 is 6.02. The second kappa shape index (κ2) is 9.93. The molecule has 0 aliphatic heterocycles. The third-order valence-electron chi connectivity index (χ3n) is 4.35. The van der Waals surface area contributed by atoms with E-state index in [1.54, 1.807) is 14.2 Å². The lowest BCUT2D eigenvalue weighted by Crippen LogP contribution is -2.39. The van der Waals surface area contributed by atoms with Gasteiger partial charge in [0.2, 0.25) is 11.7 Å². The third kappa shape index (κ3) is 5.48. The van der Waals surface area contributed by atoms with Crippen LogP contribution in [0.1, 0.15) is 11.5 Å². The van der Waals surface area contributed by atoms with Crippen LogP contribution in [0.3, 0.4) is 0 Å². The van der Waals surface area contributed by atoms with Crippen LogP contribution in [0.4, 0.5) is 0 Å². The Hall–Kier alpha value is -3.06. The molecule has 8 heteroatoms. The molecule has 2 aromatic carbocycles. The van der Waals surface area contributed by atoms with Gasteiger partial charge in [0.1, 0.15) is 5.75 Å². The Bertz CT molecular complexity index is 973. The van der Waals surface area contributed by atoms with Gasteiger partial charge in [0.05, 0.1) is 7.11 Å². The Morgan fingerprint density at radius 3 is 2.83 bits per heavy atom. The molecule has 7 nitrogen and oxygen atoms in total. The number of hydrogen-bond acceptors (Lipinski definition) is 5. The highest BCUT2D eigenvalue weighted by Crippen LogP contribution is 2.20. The molecular weight excluding hydrogens is 390 g/mol. The summed E-state index contributed by atoms with van der Waals surface area (Å²) in [5.74, 6) is 2.70. The van der Waals surface area contributed by atoms with Crippen molar-refractivity contribution in [1.82, 2.24) is 20.4 Å². The molecule has 0 aliphatic rings. The summed E-state index contributed by atoms with van der Waals surface area (Å²) < 4.78 is 10.8. The highest BCUT2D eigenvalue weighted by Gasteiger charge is 2.12. The molecule has 0 saturated carbocycles. The molecule has 0 saturated heterocycles. The van der Waals surface area contributed by atoms with Crippen LogP contribution < -0.4 is 10.1 Å². The first-order valence-electron chi connectivity index (χ1n) is 9.23. The number of guanidine groups is 1. The molecular formula is C21H24ClN5O2. The van der Waals surface area contributed by atoms with E-state index < -0.39 is 0 Å². The summed E-state index contributed by atoms with van der Waals surface area (Å²) in [6, 6.07) is 15.3. The van der Waals surface area contributed by atoms with Crippen molar-refractivity contribution in [3.63, 3.8) is 0 Å². The van der Waals surface area contributed by atoms with Crippen molar-refractivity contribution in [3.8, 4) is 17.1 Å². The number of aromatic nitrogens is 2. The Morgan fingerprint density at radius 1 is 1.24 bits per heavy atom. The van der Waals surface area contributed by atoms with E-state index in [4.69, 9.17) is 20.9 Å². The lowest BCUT2D eigenvalue weighted by atomic mass is 10.2. The molecule has 3 aromatic rings. The van der Waals surface area contributed by atoms with Crippen LogP contribution in [0.15, 0.2) is 58.0 Å². The normalized spacial score (nSPS) is 11.4. The van der Waals surface area contributed by atoms with Gasteiger partial charge in [-0.25, -0.2) is 0 Å². The maximum absolute atomic E-state index is 6.02. The summed E-state index contributed by atoms with van der Waals surface area (Å²) in [5.41, 5.74) is 1.91. The largest absolute Gasteiger partial charge is 0.496 e. The van der Waals surface area contributed by atoms with E-state index in [-0.39, 0.29) is 0 Å². The number of nitrogens with zero attached hydrogens (tertiary/aromatic N) is 4. The van der Waals surface area contributed by atoms with E-state index in [2.05, 4.69) is 20.4 Å². The van der Waals surface area contributed by atoms with Crippen LogP contribution in [0.5, 0.6) is 5.75 Å². The summed E-state index contributed by atoms with van der Waals surface area (Å²) in [4.78, 5) is 10.8. The number of ether oxygens (including phenoxy) is 1. The number of methoxy groups -OCH3 is 1. The number of hydrogen-bond donors (Lipinski definition) is 1. The second-order valence-electron chi connectivity index (χ2n) is 6.41. The fourth-order valence-corrected chi connectivity index (χ4v) is 3.12. The van der Waals surface area contributed by atoms with Crippen LogP contribution in [0.2, 0.25) is 5.02 Å². The average molecular weight is 414 g/mol. The zero-order valence-corrected chi connectivity index (χ0v) is 17.5. The van der Waals surface area contributed by atoms with Crippen LogP contribution in [0.25, 0.3) is 11.4 Å². The maximum atomic E-state index is 6.02. The Morgan fingerprint density at radius 2 is 2.07 bits per heavy atom. The zero-order chi connectivity index (χ0) is 20.6. The number of nitrogens with one attached hydrogen (secondary N) is 1. The second-order valence-corrected chi connectivity index (χ2v) is 6.85. The average Bonchev–Trinajstić information content (AvgIpc) is 3.20. The minimum Gasteiger partial charge on any atom is -0.496 e. The van der Waals surface area contributed by atoms with Crippen molar-refractivity contribution in [3.05, 3.63) is 65.0 Å². The standard InChI is InChI=1S/C21H24ClN5O2/c1-23-21(27(2)14-16-7-4-5-10-18(16)28-3)24-12-11-19-25-20(26-29-19)15-8-6-9-17(22)13-15/h4-10,13H,11-12,14H2,1-3H3,(H,23,24). The van der Waals surface area contributed by atoms with E-state index in [1.165, 1.54) is 0 Å². The molecule has 0 aliphatic carbocycles. The van der Waals surface area contributed by atoms with Gasteiger partial charge in [-0.1, -0.05) is 47.1 Å². The van der Waals surface area contributed by atoms with Crippen molar-refractivity contribution < 1.29 is 9.26 Å². The van der Waals surface area contributed by atoms with Crippen LogP contribution >= 0.6 is 11.6 Å². The summed E-state index contributed by atoms with van der Waals surface area (Å²) in [6.07, 6.45) is 0.578. The molecule has 1 N–H and O–H groups in total. The lowest BCUT2D eigenvalue weighted by molar-refractivity contribution is 0.376. The fraction of sp³-hybridized carbons (Fsp3) is 0.286. The molecule has 152 valence electrons. The molecule has 0 unspecified atom stereocenters. The van der Waals surface area contributed by atoms with Crippen molar-refractivity contribution in [2.75, 3.05) is 27.7 Å². The van der Waals surface area contributed by atoms with Crippen molar-refractivity contribution >= 4 is 17.6 Å². The Balaban J connectivity index is 1.55. The summed E-state index contributed by atoms with van der Waals surface area (Å²) in [5, 5.41) is 7.98. The summed E-state index contributed by atoms with van der Waals surface area (Å²) in [6.45, 7) is 1.28. The lowest BCUT2D eigenvalue weighted by Gasteiger charge is -2.22. The first-order chi connectivity index (χ1) is 14.1. The number of benzene rings is 2. The first-order valence-corrected chi connectivity index (χ1v) is 9.60. The minimum absolute atomic E-state index is 0.528. The SMILES string of the molecule is CN=C(NCCc1nc(-c2cccc(Cl)c2)no1)N(C)Cc1ccccc1OC. The van der Waals surface area contributed by atoms with Gasteiger partial charge in [-0.05, 0) is 18.2 Å². The van der Waals surface area contributed by atoms with Crippen LogP contribution in [0, 0.1) is 0 Å². The van der Waals surface area contributed by atoms with E-state index in [1.807, 2.05) is 60.5 Å². The number of rotatable bonds is 7. The molecule has 0 spiro atoms. The Labute approximate surface area is 175 Å². The smallest absolute Gasteiger partial charge is 0.228 e. The van der Waals surface area contributed by atoms with Gasteiger partial charge in [0.15, 0.2) is 5.96 Å². The van der Waals surface area contributed by atoms with Crippen molar-refractivity contribution in [1.29, 1.82) is 0 Å². The minimum atomic E-state index is 0.528. The molecule has 0 bridgehead atoms. The third-order valence-corrected chi connectivity index (χ3v) is 4.58. The fourth-order valence-electron chi connectivity index (χ4n) is 2.93. The van der Waals surface area contributed by atoms with E-state index in [9.17, 15) is 0 Å². The summed E-state index contributed by atoms with van der Waals surface area (Å²) in [7, 11) is 5.41. The number of para-hydroxylation sites is 1. The topological polar surface area (TPSA) is 75.8 Å². The van der Waals surface area contributed by atoms with E-state index in [0.717, 1.165) is 22.8 Å². The molecule has 0 amide bonds. The molecule has 1 aromatic heterocycles. The van der Waals surface area contributed by atoms with Gasteiger partial charge in [-0.3, -0.25) is 4.99 Å². The predicted octanol–water partition coefficient (Wildman–Crippen LogP) is 3.65. The molecule has 1 heterocycles. The van der Waals surface area contributed by atoms with Gasteiger partial charge in [-0.15, -0.1) is 0 Å². The van der Waals surface area contributed by atoms with E-state index in [0.29, 0.717) is 36.2 Å². The molecule has 0 atom stereocenters. The van der Waals surface area contributed by atoms with Gasteiger partial charge in [0.25, 0.3) is 0 Å². The van der Waals surface area contributed by atoms with Crippen LogP contribution in [-0.2, 0) is 13.0 Å². The van der Waals surface area contributed by atoms with Gasteiger partial charge < -0.3 is 19.5 Å². The molecule has 29 heavy (non-hydrogen) atoms. The highest BCUT2D eigenvalue weighted by molar-refractivity contribution is 6.30. The predicted molar refractivity (Wildman–Crippen MR) is 114 cm³/mol. The molecule has 0 radical (unpaired) electrons. The molecule has 0 fully saturated rings. The van der Waals surface area contributed by atoms with Crippen LogP contribution in [-0.4, -0.2) is 48.8 Å². The zero-order valence-electron chi connectivity index (χ0n) is 16.7. The number of aliphatic imine (C=N–C) groups is 1. The highest BCUT2D eigenvalue weighted by atomic mass is 35.5. The number of halogens is 1. The van der Waals surface area contributed by atoms with Gasteiger partial charge in [0, 0.05) is 49.8 Å². The monoisotopic (exact) mass is 413 g/mol. The van der Waals surface area contributed by atoms with Gasteiger partial charge in [-0.2, -0.15) is 4.98 Å². The van der Waals surface area contributed by atoms with Gasteiger partial charge >= 0.3 is 0 Å². The quantitative estimate of drug-likeness (QED) is 0.470. The maximum Gasteiger partial charge on any atom is 0.228 e. The van der Waals surface area contributed by atoms with E-state index >= 15 is 0 Å². The van der Waals surface area contributed by atoms with Crippen molar-refractivity contribution in [2.45, 2.75) is 13.0 Å². The molecule has 3 rings (SSSR count). The first kappa shape index (κ1) is 20.7. The Kier molecular flexibility index (Phi) is 7.08. The van der Waals surface area contributed by atoms with Crippen molar-refractivity contribution in [2.24, 2.45) is 4.99 Å².